The van der Waals surface area contributed by atoms with E-state index in [4.69, 9.17) is 0 Å². The molecule has 0 fully saturated rings. The number of hydrogen-bond acceptors (Lipinski definition) is 2. The Bertz CT molecular complexity index is 602. The highest BCUT2D eigenvalue weighted by Gasteiger charge is 2.35. The molecule has 3 rings (SSSR count). The van der Waals surface area contributed by atoms with Gasteiger partial charge >= 0.3 is 0 Å². The Hall–Kier alpha value is -1.61. The lowest BCUT2D eigenvalue weighted by atomic mass is 9.67. The summed E-state index contributed by atoms with van der Waals surface area (Å²) >= 11 is 0. The Morgan fingerprint density at radius 2 is 2.14 bits per heavy atom. The average Bonchev–Trinajstić information content (AvgIpc) is 2.91. The van der Waals surface area contributed by atoms with E-state index in [0.717, 1.165) is 13.0 Å². The van der Waals surface area contributed by atoms with Gasteiger partial charge in [0.05, 0.1) is 0 Å². The second-order valence-electron chi connectivity index (χ2n) is 6.27. The van der Waals surface area contributed by atoms with E-state index >= 15 is 0 Å². The first-order valence-corrected chi connectivity index (χ1v) is 7.95. The van der Waals surface area contributed by atoms with Gasteiger partial charge in [-0.3, -0.25) is 4.68 Å². The number of nitrogens with zero attached hydrogens (tertiary/aromatic N) is 2. The molecule has 0 bridgehead atoms. The van der Waals surface area contributed by atoms with Crippen LogP contribution >= 0.6 is 0 Å². The lowest BCUT2D eigenvalue weighted by molar-refractivity contribution is 0.322. The molecule has 0 aliphatic heterocycles. The molecule has 0 amide bonds. The van der Waals surface area contributed by atoms with Crippen LogP contribution in [0.5, 0.6) is 0 Å². The zero-order valence-electron chi connectivity index (χ0n) is 13.1. The number of benzene rings is 1. The maximum Gasteiger partial charge on any atom is 0.0492 e. The van der Waals surface area contributed by atoms with Gasteiger partial charge in [-0.25, -0.2) is 0 Å². The Balaban J connectivity index is 1.88. The van der Waals surface area contributed by atoms with Gasteiger partial charge in [-0.1, -0.05) is 24.3 Å². The number of rotatable bonds is 5. The minimum absolute atomic E-state index is 0.272. The largest absolute Gasteiger partial charge is 0.319 e. The van der Waals surface area contributed by atoms with E-state index in [2.05, 4.69) is 47.8 Å². The smallest absolute Gasteiger partial charge is 0.0492 e. The normalized spacial score (nSPS) is 21.2. The lowest BCUT2D eigenvalue weighted by Crippen LogP contribution is -2.40. The second-order valence-corrected chi connectivity index (χ2v) is 6.27. The number of aromatic nitrogens is 2. The highest BCUT2D eigenvalue weighted by atomic mass is 15.2. The number of aryl methyl sites for hydroxylation is 3. The van der Waals surface area contributed by atoms with Crippen molar-refractivity contribution in [2.75, 3.05) is 13.6 Å². The van der Waals surface area contributed by atoms with Crippen LogP contribution in [-0.2, 0) is 25.3 Å². The van der Waals surface area contributed by atoms with E-state index in [1.165, 1.54) is 31.4 Å². The van der Waals surface area contributed by atoms with Crippen LogP contribution in [0.15, 0.2) is 36.5 Å². The van der Waals surface area contributed by atoms with E-state index in [0.29, 0.717) is 0 Å². The topological polar surface area (TPSA) is 29.9 Å². The van der Waals surface area contributed by atoms with Crippen molar-refractivity contribution in [3.05, 3.63) is 53.3 Å². The minimum Gasteiger partial charge on any atom is -0.319 e. The quantitative estimate of drug-likeness (QED) is 0.914. The van der Waals surface area contributed by atoms with Crippen LogP contribution < -0.4 is 5.32 Å². The monoisotopic (exact) mass is 283 g/mol. The van der Waals surface area contributed by atoms with E-state index in [-0.39, 0.29) is 5.41 Å². The van der Waals surface area contributed by atoms with Gasteiger partial charge in [0.2, 0.25) is 0 Å². The predicted octanol–water partition coefficient (Wildman–Crippen LogP) is 2.85. The molecule has 1 aromatic heterocycles. The molecule has 1 heterocycles. The summed E-state index contributed by atoms with van der Waals surface area (Å²) in [4.78, 5) is 0. The minimum atomic E-state index is 0.272. The molecular formula is C18H25N3. The fourth-order valence-electron chi connectivity index (χ4n) is 3.89. The first-order valence-electron chi connectivity index (χ1n) is 7.95. The van der Waals surface area contributed by atoms with Crippen molar-refractivity contribution in [1.82, 2.24) is 15.1 Å². The molecule has 0 spiro atoms. The standard InChI is InChI=1S/C18H25N3/c1-19-14-18(12-9-16-10-13-20-21(16)2)11-5-7-15-6-3-4-8-17(15)18/h3-4,6,8,10,13,19H,5,7,9,11-12,14H2,1-2H3. The third-order valence-electron chi connectivity index (χ3n) is 4.99. The van der Waals surface area contributed by atoms with Crippen molar-refractivity contribution in [2.45, 2.75) is 37.5 Å². The number of fused-ring (bicyclic) bond motifs is 1. The summed E-state index contributed by atoms with van der Waals surface area (Å²) in [5.41, 5.74) is 4.71. The van der Waals surface area contributed by atoms with Gasteiger partial charge in [-0.15, -0.1) is 0 Å². The van der Waals surface area contributed by atoms with Gasteiger partial charge < -0.3 is 5.32 Å². The van der Waals surface area contributed by atoms with E-state index in [1.807, 2.05) is 17.9 Å². The Kier molecular flexibility index (Phi) is 4.11. The third kappa shape index (κ3) is 2.75. The fraction of sp³-hybridized carbons (Fsp3) is 0.500. The van der Waals surface area contributed by atoms with E-state index in [1.54, 1.807) is 11.1 Å². The Morgan fingerprint density at radius 3 is 2.90 bits per heavy atom. The maximum absolute atomic E-state index is 4.29. The van der Waals surface area contributed by atoms with Crippen molar-refractivity contribution < 1.29 is 0 Å². The summed E-state index contributed by atoms with van der Waals surface area (Å²) in [5.74, 6) is 0. The summed E-state index contributed by atoms with van der Waals surface area (Å²) in [5, 5.41) is 7.74. The highest BCUT2D eigenvalue weighted by molar-refractivity contribution is 5.37. The number of nitrogens with one attached hydrogen (secondary N) is 1. The van der Waals surface area contributed by atoms with Crippen LogP contribution in [0.3, 0.4) is 0 Å². The molecule has 0 radical (unpaired) electrons. The molecule has 2 aromatic rings. The molecule has 3 nitrogen and oxygen atoms in total. The van der Waals surface area contributed by atoms with Crippen molar-refractivity contribution in [2.24, 2.45) is 7.05 Å². The average molecular weight is 283 g/mol. The van der Waals surface area contributed by atoms with Gasteiger partial charge in [-0.2, -0.15) is 5.10 Å². The number of hydrogen-bond donors (Lipinski definition) is 1. The first kappa shape index (κ1) is 14.3. The second kappa shape index (κ2) is 6.02. The van der Waals surface area contributed by atoms with Gasteiger partial charge in [0.15, 0.2) is 0 Å². The first-order chi connectivity index (χ1) is 10.2. The van der Waals surface area contributed by atoms with Crippen LogP contribution in [-0.4, -0.2) is 23.4 Å². The summed E-state index contributed by atoms with van der Waals surface area (Å²) in [6.45, 7) is 1.06. The summed E-state index contributed by atoms with van der Waals surface area (Å²) in [7, 11) is 4.11. The summed E-state index contributed by atoms with van der Waals surface area (Å²) in [6.07, 6.45) is 7.98. The number of likely N-dealkylation sites (N-methyl/N-ethyl adjacent to an activating group) is 1. The maximum atomic E-state index is 4.29. The van der Waals surface area contributed by atoms with E-state index in [9.17, 15) is 0 Å². The van der Waals surface area contributed by atoms with E-state index < -0.39 is 0 Å². The molecule has 112 valence electrons. The molecule has 1 aromatic carbocycles. The van der Waals surface area contributed by atoms with Gasteiger partial charge in [-0.05, 0) is 56.3 Å². The van der Waals surface area contributed by atoms with Gasteiger partial charge in [0.1, 0.15) is 0 Å². The molecule has 1 N–H and O–H groups in total. The van der Waals surface area contributed by atoms with Crippen molar-refractivity contribution in [3.8, 4) is 0 Å². The van der Waals surface area contributed by atoms with Crippen LogP contribution in [0.4, 0.5) is 0 Å². The molecule has 1 aliphatic rings. The zero-order chi connectivity index (χ0) is 14.7. The zero-order valence-corrected chi connectivity index (χ0v) is 13.1. The molecular weight excluding hydrogens is 258 g/mol. The SMILES string of the molecule is CNCC1(CCc2ccnn2C)CCCc2ccccc21. The lowest BCUT2D eigenvalue weighted by Gasteiger charge is -2.39. The molecule has 21 heavy (non-hydrogen) atoms. The Labute approximate surface area is 127 Å². The molecule has 1 atom stereocenters. The molecule has 0 saturated carbocycles. The third-order valence-corrected chi connectivity index (χ3v) is 4.99. The summed E-state index contributed by atoms with van der Waals surface area (Å²) < 4.78 is 2.00. The van der Waals surface area contributed by atoms with Gasteiger partial charge in [0.25, 0.3) is 0 Å². The van der Waals surface area contributed by atoms with Crippen molar-refractivity contribution in [1.29, 1.82) is 0 Å². The van der Waals surface area contributed by atoms with Crippen LogP contribution in [0.25, 0.3) is 0 Å². The fourth-order valence-corrected chi connectivity index (χ4v) is 3.89. The van der Waals surface area contributed by atoms with Crippen LogP contribution in [0.2, 0.25) is 0 Å². The highest BCUT2D eigenvalue weighted by Crippen LogP contribution is 2.40. The molecule has 3 heteroatoms. The van der Waals surface area contributed by atoms with Crippen molar-refractivity contribution >= 4 is 0 Å². The molecule has 1 unspecified atom stereocenters. The van der Waals surface area contributed by atoms with Crippen LogP contribution in [0.1, 0.15) is 36.1 Å². The predicted molar refractivity (Wildman–Crippen MR) is 86.5 cm³/mol. The molecule has 1 aliphatic carbocycles. The van der Waals surface area contributed by atoms with Crippen LogP contribution in [0, 0.1) is 0 Å². The summed E-state index contributed by atoms with van der Waals surface area (Å²) in [6, 6.07) is 11.2. The van der Waals surface area contributed by atoms with Gasteiger partial charge in [0, 0.05) is 30.9 Å². The van der Waals surface area contributed by atoms with Crippen molar-refractivity contribution in [3.63, 3.8) is 0 Å². The molecule has 0 saturated heterocycles. The Morgan fingerprint density at radius 1 is 1.29 bits per heavy atom.